The Morgan fingerprint density at radius 1 is 1.18 bits per heavy atom. The van der Waals surface area contributed by atoms with Gasteiger partial charge in [0.1, 0.15) is 6.10 Å². The molecule has 1 unspecified atom stereocenters. The highest BCUT2D eigenvalue weighted by Crippen LogP contribution is 1.96. The van der Waals surface area contributed by atoms with Gasteiger partial charge in [0, 0.05) is 18.4 Å². The molecule has 0 heterocycles. The molecule has 17 heavy (non-hydrogen) atoms. The first-order chi connectivity index (χ1) is 8.33. The summed E-state index contributed by atoms with van der Waals surface area (Å²) in [5.41, 5.74) is 0.971. The second-order valence-corrected chi connectivity index (χ2v) is 3.81. The van der Waals surface area contributed by atoms with Crippen molar-refractivity contribution >= 4 is 0 Å². The van der Waals surface area contributed by atoms with Crippen molar-refractivity contribution in [2.24, 2.45) is 0 Å². The Bertz CT molecular complexity index is 425. The molecule has 1 atom stereocenters. The van der Waals surface area contributed by atoms with Crippen LogP contribution in [-0.4, -0.2) is 11.2 Å². The van der Waals surface area contributed by atoms with Crippen LogP contribution in [0.25, 0.3) is 0 Å². The molecule has 1 aromatic rings. The minimum Gasteiger partial charge on any atom is -0.379 e. The van der Waals surface area contributed by atoms with E-state index in [-0.39, 0.29) is 0 Å². The molecule has 1 aromatic carbocycles. The van der Waals surface area contributed by atoms with Crippen LogP contribution in [0.4, 0.5) is 0 Å². The normalized spacial score (nSPS) is 10.7. The molecule has 1 nitrogen and oxygen atoms in total. The minimum absolute atomic E-state index is 0.411. The van der Waals surface area contributed by atoms with Crippen molar-refractivity contribution in [1.29, 1.82) is 0 Å². The summed E-state index contributed by atoms with van der Waals surface area (Å²) in [6.07, 6.45) is 2.88. The first kappa shape index (κ1) is 13.4. The van der Waals surface area contributed by atoms with Crippen molar-refractivity contribution in [1.82, 2.24) is 0 Å². The Hall–Kier alpha value is -1.70. The molecule has 0 spiro atoms. The van der Waals surface area contributed by atoms with Gasteiger partial charge in [-0.2, -0.15) is 0 Å². The lowest BCUT2D eigenvalue weighted by Crippen LogP contribution is -2.00. The van der Waals surface area contributed by atoms with Crippen LogP contribution in [0.5, 0.6) is 0 Å². The second-order valence-electron chi connectivity index (χ2n) is 3.81. The van der Waals surface area contributed by atoms with Crippen molar-refractivity contribution in [3.8, 4) is 23.7 Å². The van der Waals surface area contributed by atoms with Crippen LogP contribution in [0, 0.1) is 23.7 Å². The third-order valence-electron chi connectivity index (χ3n) is 2.23. The van der Waals surface area contributed by atoms with Gasteiger partial charge in [-0.05, 0) is 18.6 Å². The third-order valence-corrected chi connectivity index (χ3v) is 2.23. The molecule has 1 N–H and O–H groups in total. The van der Waals surface area contributed by atoms with Crippen molar-refractivity contribution in [2.45, 2.75) is 38.7 Å². The van der Waals surface area contributed by atoms with E-state index in [0.717, 1.165) is 24.8 Å². The van der Waals surface area contributed by atoms with E-state index < -0.39 is 6.10 Å². The van der Waals surface area contributed by atoms with Gasteiger partial charge in [0.15, 0.2) is 0 Å². The zero-order valence-electron chi connectivity index (χ0n) is 10.2. The van der Waals surface area contributed by atoms with E-state index in [0.29, 0.717) is 6.42 Å². The Morgan fingerprint density at radius 3 is 2.65 bits per heavy atom. The molecule has 1 rings (SSSR count). The maximum Gasteiger partial charge on any atom is 0.125 e. The van der Waals surface area contributed by atoms with Gasteiger partial charge in [0.2, 0.25) is 0 Å². The molecular formula is C16H18O. The summed E-state index contributed by atoms with van der Waals surface area (Å²) in [4.78, 5) is 0. The molecule has 0 saturated heterocycles. The van der Waals surface area contributed by atoms with Crippen molar-refractivity contribution < 1.29 is 5.11 Å². The average Bonchev–Trinajstić information content (AvgIpc) is 2.36. The van der Waals surface area contributed by atoms with E-state index in [1.165, 1.54) is 0 Å². The highest BCUT2D eigenvalue weighted by molar-refractivity contribution is 5.33. The molecule has 88 valence electrons. The Morgan fingerprint density at radius 2 is 1.94 bits per heavy atom. The van der Waals surface area contributed by atoms with Crippen LogP contribution in [-0.2, 0) is 0 Å². The summed E-state index contributed by atoms with van der Waals surface area (Å²) >= 11 is 0. The van der Waals surface area contributed by atoms with Gasteiger partial charge in [0.05, 0.1) is 0 Å². The minimum atomic E-state index is -0.622. The van der Waals surface area contributed by atoms with Crippen molar-refractivity contribution in [3.05, 3.63) is 35.9 Å². The third kappa shape index (κ3) is 6.46. The summed E-state index contributed by atoms with van der Waals surface area (Å²) in [7, 11) is 0. The number of hydrogen-bond acceptors (Lipinski definition) is 1. The van der Waals surface area contributed by atoms with E-state index >= 15 is 0 Å². The van der Waals surface area contributed by atoms with Crippen LogP contribution in [0.3, 0.4) is 0 Å². The number of aliphatic hydroxyl groups is 1. The molecule has 0 aliphatic rings. The molecule has 0 aliphatic carbocycles. The van der Waals surface area contributed by atoms with Crippen LogP contribution in [0.15, 0.2) is 30.3 Å². The Balaban J connectivity index is 2.35. The summed E-state index contributed by atoms with van der Waals surface area (Å²) in [6.45, 7) is 2.13. The Kier molecular flexibility index (Phi) is 6.64. The molecular weight excluding hydrogens is 208 g/mol. The van der Waals surface area contributed by atoms with E-state index in [9.17, 15) is 5.11 Å². The zero-order valence-corrected chi connectivity index (χ0v) is 10.2. The lowest BCUT2D eigenvalue weighted by atomic mass is 10.2. The lowest BCUT2D eigenvalue weighted by molar-refractivity contribution is 0.238. The van der Waals surface area contributed by atoms with Gasteiger partial charge in [-0.3, -0.25) is 0 Å². The monoisotopic (exact) mass is 226 g/mol. The highest BCUT2D eigenvalue weighted by Gasteiger charge is 1.93. The van der Waals surface area contributed by atoms with E-state index in [1.807, 2.05) is 30.3 Å². The lowest BCUT2D eigenvalue weighted by Gasteiger charge is -1.94. The summed E-state index contributed by atoms with van der Waals surface area (Å²) < 4.78 is 0. The van der Waals surface area contributed by atoms with Crippen LogP contribution in [0.1, 0.15) is 38.2 Å². The van der Waals surface area contributed by atoms with E-state index in [4.69, 9.17) is 0 Å². The molecule has 0 aliphatic heterocycles. The smallest absolute Gasteiger partial charge is 0.125 e. The van der Waals surface area contributed by atoms with Crippen molar-refractivity contribution in [3.63, 3.8) is 0 Å². The van der Waals surface area contributed by atoms with Crippen LogP contribution >= 0.6 is 0 Å². The second kappa shape index (κ2) is 8.45. The fourth-order valence-corrected chi connectivity index (χ4v) is 1.28. The van der Waals surface area contributed by atoms with Gasteiger partial charge in [0.25, 0.3) is 0 Å². The maximum absolute atomic E-state index is 9.55. The number of aliphatic hydroxyl groups excluding tert-OH is 1. The van der Waals surface area contributed by atoms with Crippen LogP contribution < -0.4 is 0 Å². The van der Waals surface area contributed by atoms with Gasteiger partial charge in [-0.15, -0.1) is 5.92 Å². The quantitative estimate of drug-likeness (QED) is 0.620. The maximum atomic E-state index is 9.55. The van der Waals surface area contributed by atoms with E-state index in [2.05, 4.69) is 30.6 Å². The SMILES string of the molecule is CCCCC#CC(O)CC#Cc1ccccc1. The Labute approximate surface area is 104 Å². The number of hydrogen-bond donors (Lipinski definition) is 1. The number of rotatable bonds is 3. The first-order valence-electron chi connectivity index (χ1n) is 6.03. The molecule has 0 fully saturated rings. The molecule has 0 bridgehead atoms. The molecule has 0 amide bonds. The summed E-state index contributed by atoms with van der Waals surface area (Å²) in [5, 5.41) is 9.55. The fraction of sp³-hybridized carbons (Fsp3) is 0.375. The molecule has 0 radical (unpaired) electrons. The predicted molar refractivity (Wildman–Crippen MR) is 71.2 cm³/mol. The predicted octanol–water partition coefficient (Wildman–Crippen LogP) is 2.98. The zero-order chi connectivity index (χ0) is 12.3. The first-order valence-corrected chi connectivity index (χ1v) is 6.03. The summed E-state index contributed by atoms with van der Waals surface area (Å²) in [6, 6.07) is 9.76. The van der Waals surface area contributed by atoms with Crippen molar-refractivity contribution in [2.75, 3.05) is 0 Å². The fourth-order valence-electron chi connectivity index (χ4n) is 1.28. The van der Waals surface area contributed by atoms with Gasteiger partial charge < -0.3 is 5.11 Å². The van der Waals surface area contributed by atoms with Crippen LogP contribution in [0.2, 0.25) is 0 Å². The average molecular weight is 226 g/mol. The number of benzene rings is 1. The van der Waals surface area contributed by atoms with Gasteiger partial charge in [-0.1, -0.05) is 49.3 Å². The molecule has 0 saturated carbocycles. The topological polar surface area (TPSA) is 20.2 Å². The molecule has 1 heteroatoms. The highest BCUT2D eigenvalue weighted by atomic mass is 16.3. The largest absolute Gasteiger partial charge is 0.379 e. The number of unbranched alkanes of at least 4 members (excludes halogenated alkanes) is 2. The molecule has 0 aromatic heterocycles. The van der Waals surface area contributed by atoms with E-state index in [1.54, 1.807) is 0 Å². The standard InChI is InChI=1S/C16H18O/c1-2-3-4-8-13-16(17)14-9-12-15-10-6-5-7-11-15/h5-7,10-11,16-17H,2-4,14H2,1H3. The van der Waals surface area contributed by atoms with Gasteiger partial charge in [-0.25, -0.2) is 0 Å². The van der Waals surface area contributed by atoms with Gasteiger partial charge >= 0.3 is 0 Å². The summed E-state index contributed by atoms with van der Waals surface area (Å²) in [5.74, 6) is 11.7.